The molecule has 1 aliphatic rings. The normalized spacial score (nSPS) is 23.2. The monoisotopic (exact) mass is 252 g/mol. The summed E-state index contributed by atoms with van der Waals surface area (Å²) in [4.78, 5) is 12.2. The minimum Gasteiger partial charge on any atom is -0.379 e. The minimum absolute atomic E-state index is 0.0163. The maximum Gasteiger partial charge on any atom is 0.232 e. The highest BCUT2D eigenvalue weighted by Gasteiger charge is 2.33. The van der Waals surface area contributed by atoms with Crippen molar-refractivity contribution in [3.8, 4) is 0 Å². The lowest BCUT2D eigenvalue weighted by Gasteiger charge is -2.17. The van der Waals surface area contributed by atoms with Gasteiger partial charge in [-0.2, -0.15) is 5.10 Å². The fraction of sp³-hybridized carbons (Fsp3) is 0.667. The summed E-state index contributed by atoms with van der Waals surface area (Å²) in [6.45, 7) is 5.95. The van der Waals surface area contributed by atoms with E-state index in [9.17, 15) is 4.79 Å². The molecule has 0 aliphatic carbocycles. The smallest absolute Gasteiger partial charge is 0.232 e. The van der Waals surface area contributed by atoms with E-state index in [4.69, 9.17) is 4.74 Å². The Morgan fingerprint density at radius 2 is 2.39 bits per heavy atom. The van der Waals surface area contributed by atoms with Crippen LogP contribution in [0.4, 0.5) is 5.82 Å². The fourth-order valence-corrected chi connectivity index (χ4v) is 2.18. The van der Waals surface area contributed by atoms with Gasteiger partial charge >= 0.3 is 0 Å². The van der Waals surface area contributed by atoms with Gasteiger partial charge in [0.2, 0.25) is 5.91 Å². The molecule has 1 aliphatic heterocycles. The first kappa shape index (κ1) is 13.0. The molecule has 1 amide bonds. The van der Waals surface area contributed by atoms with Gasteiger partial charge in [-0.15, -0.1) is 0 Å². The first-order chi connectivity index (χ1) is 8.76. The minimum atomic E-state index is -0.141. The topological polar surface area (TPSA) is 79.0 Å². The molecule has 18 heavy (non-hydrogen) atoms. The van der Waals surface area contributed by atoms with Crippen molar-refractivity contribution in [2.75, 3.05) is 25.1 Å². The molecule has 2 atom stereocenters. The summed E-state index contributed by atoms with van der Waals surface area (Å²) in [5.41, 5.74) is 1.02. The Morgan fingerprint density at radius 3 is 3.11 bits per heavy atom. The van der Waals surface area contributed by atoms with Crippen molar-refractivity contribution >= 4 is 11.7 Å². The third-order valence-electron chi connectivity index (χ3n) is 3.23. The maximum atomic E-state index is 12.2. The molecule has 0 aromatic carbocycles. The number of carbonyl (C=O) groups is 1. The first-order valence-corrected chi connectivity index (χ1v) is 6.40. The van der Waals surface area contributed by atoms with Crippen LogP contribution in [0.25, 0.3) is 0 Å². The molecule has 0 radical (unpaired) electrons. The molecule has 1 saturated heterocycles. The number of amides is 1. The quantitative estimate of drug-likeness (QED) is 0.714. The van der Waals surface area contributed by atoms with Crippen LogP contribution in [0.3, 0.4) is 0 Å². The van der Waals surface area contributed by atoms with E-state index in [-0.39, 0.29) is 17.9 Å². The third kappa shape index (κ3) is 2.70. The number of ether oxygens (including phenoxy) is 1. The average Bonchev–Trinajstić information content (AvgIpc) is 2.98. The highest BCUT2D eigenvalue weighted by molar-refractivity contribution is 5.93. The van der Waals surface area contributed by atoms with Crippen molar-refractivity contribution in [1.29, 1.82) is 0 Å². The number of carbonyl (C=O) groups excluding carboxylic acids is 1. The van der Waals surface area contributed by atoms with Gasteiger partial charge in [-0.3, -0.25) is 9.89 Å². The molecular weight excluding hydrogens is 232 g/mol. The summed E-state index contributed by atoms with van der Waals surface area (Å²) >= 11 is 0. The van der Waals surface area contributed by atoms with Crippen molar-refractivity contribution in [3.63, 3.8) is 0 Å². The van der Waals surface area contributed by atoms with E-state index in [1.54, 1.807) is 6.20 Å². The van der Waals surface area contributed by atoms with E-state index < -0.39 is 0 Å². The molecule has 6 heteroatoms. The summed E-state index contributed by atoms with van der Waals surface area (Å²) < 4.78 is 5.37. The molecule has 1 aromatic rings. The van der Waals surface area contributed by atoms with Crippen LogP contribution in [0.15, 0.2) is 6.20 Å². The number of H-pyrrole nitrogens is 1. The van der Waals surface area contributed by atoms with E-state index in [1.165, 1.54) is 0 Å². The SMILES string of the molecule is CCNC1COCC1C(=O)Nc1[nH]ncc1CC. The summed E-state index contributed by atoms with van der Waals surface area (Å²) in [6.07, 6.45) is 2.58. The van der Waals surface area contributed by atoms with E-state index in [2.05, 4.69) is 20.8 Å². The number of aromatic nitrogens is 2. The van der Waals surface area contributed by atoms with Crippen LogP contribution < -0.4 is 10.6 Å². The van der Waals surface area contributed by atoms with Crippen molar-refractivity contribution in [2.24, 2.45) is 5.92 Å². The van der Waals surface area contributed by atoms with Gasteiger partial charge in [0.1, 0.15) is 5.82 Å². The highest BCUT2D eigenvalue weighted by atomic mass is 16.5. The van der Waals surface area contributed by atoms with Crippen LogP contribution >= 0.6 is 0 Å². The van der Waals surface area contributed by atoms with Gasteiger partial charge in [-0.25, -0.2) is 0 Å². The van der Waals surface area contributed by atoms with Gasteiger partial charge in [0.05, 0.1) is 25.3 Å². The summed E-state index contributed by atoms with van der Waals surface area (Å²) in [6, 6.07) is 0.1000. The summed E-state index contributed by atoms with van der Waals surface area (Å²) in [7, 11) is 0. The fourth-order valence-electron chi connectivity index (χ4n) is 2.18. The Labute approximate surface area is 106 Å². The predicted octanol–water partition coefficient (Wildman–Crippen LogP) is 0.535. The Morgan fingerprint density at radius 1 is 1.56 bits per heavy atom. The number of aryl methyl sites for hydroxylation is 1. The van der Waals surface area contributed by atoms with Crippen LogP contribution in [-0.2, 0) is 16.0 Å². The summed E-state index contributed by atoms with van der Waals surface area (Å²) in [5.74, 6) is 0.542. The van der Waals surface area contributed by atoms with Gasteiger partial charge < -0.3 is 15.4 Å². The van der Waals surface area contributed by atoms with Gasteiger partial charge in [-0.1, -0.05) is 13.8 Å². The van der Waals surface area contributed by atoms with Gasteiger partial charge in [0.25, 0.3) is 0 Å². The zero-order valence-electron chi connectivity index (χ0n) is 10.8. The predicted molar refractivity (Wildman–Crippen MR) is 68.4 cm³/mol. The largest absolute Gasteiger partial charge is 0.379 e. The number of hydrogen-bond acceptors (Lipinski definition) is 4. The zero-order valence-corrected chi connectivity index (χ0v) is 10.8. The van der Waals surface area contributed by atoms with Crippen molar-refractivity contribution in [1.82, 2.24) is 15.5 Å². The van der Waals surface area contributed by atoms with E-state index in [1.807, 2.05) is 13.8 Å². The van der Waals surface area contributed by atoms with Crippen LogP contribution in [-0.4, -0.2) is 41.9 Å². The maximum absolute atomic E-state index is 12.2. The zero-order chi connectivity index (χ0) is 13.0. The Hall–Kier alpha value is -1.40. The van der Waals surface area contributed by atoms with Crippen LogP contribution in [0, 0.1) is 5.92 Å². The molecule has 1 fully saturated rings. The van der Waals surface area contributed by atoms with Crippen molar-refractivity contribution in [2.45, 2.75) is 26.3 Å². The van der Waals surface area contributed by atoms with Gasteiger partial charge in [0, 0.05) is 11.6 Å². The lowest BCUT2D eigenvalue weighted by atomic mass is 10.0. The first-order valence-electron chi connectivity index (χ1n) is 6.40. The molecule has 3 N–H and O–H groups in total. The summed E-state index contributed by atoms with van der Waals surface area (Å²) in [5, 5.41) is 12.9. The molecule has 100 valence electrons. The Kier molecular flexibility index (Phi) is 4.33. The second-order valence-electron chi connectivity index (χ2n) is 4.42. The number of likely N-dealkylation sites (N-methyl/N-ethyl adjacent to an activating group) is 1. The molecule has 1 aromatic heterocycles. The second kappa shape index (κ2) is 5.97. The number of nitrogens with one attached hydrogen (secondary N) is 3. The van der Waals surface area contributed by atoms with Crippen LogP contribution in [0.2, 0.25) is 0 Å². The molecule has 2 unspecified atom stereocenters. The number of nitrogens with zero attached hydrogens (tertiary/aromatic N) is 1. The Bertz CT molecular complexity index is 405. The lowest BCUT2D eigenvalue weighted by Crippen LogP contribution is -2.41. The highest BCUT2D eigenvalue weighted by Crippen LogP contribution is 2.18. The third-order valence-corrected chi connectivity index (χ3v) is 3.23. The lowest BCUT2D eigenvalue weighted by molar-refractivity contribution is -0.120. The van der Waals surface area contributed by atoms with Gasteiger partial charge in [0.15, 0.2) is 0 Å². The van der Waals surface area contributed by atoms with E-state index in [0.29, 0.717) is 19.0 Å². The molecule has 6 nitrogen and oxygen atoms in total. The standard InChI is InChI=1S/C12H20N4O2/c1-3-8-5-14-16-11(8)15-12(17)9-6-18-7-10(9)13-4-2/h5,9-10,13H,3-4,6-7H2,1-2H3,(H2,14,15,16,17). The molecular formula is C12H20N4O2. The van der Waals surface area contributed by atoms with Gasteiger partial charge in [-0.05, 0) is 13.0 Å². The number of aromatic amines is 1. The van der Waals surface area contributed by atoms with Crippen molar-refractivity contribution in [3.05, 3.63) is 11.8 Å². The van der Waals surface area contributed by atoms with E-state index >= 15 is 0 Å². The number of anilines is 1. The van der Waals surface area contributed by atoms with Crippen LogP contribution in [0.5, 0.6) is 0 Å². The molecule has 0 spiro atoms. The van der Waals surface area contributed by atoms with E-state index in [0.717, 1.165) is 18.5 Å². The molecule has 2 rings (SSSR count). The number of rotatable bonds is 5. The molecule has 0 bridgehead atoms. The van der Waals surface area contributed by atoms with Crippen molar-refractivity contribution < 1.29 is 9.53 Å². The number of hydrogen-bond donors (Lipinski definition) is 3. The molecule has 0 saturated carbocycles. The second-order valence-corrected chi connectivity index (χ2v) is 4.42. The molecule has 2 heterocycles. The average molecular weight is 252 g/mol. The Balaban J connectivity index is 1.99. The van der Waals surface area contributed by atoms with Crippen LogP contribution in [0.1, 0.15) is 19.4 Å².